The van der Waals surface area contributed by atoms with Gasteiger partial charge in [-0.05, 0) is 43.7 Å². The molecular formula is C18H19ClN2O5S. The van der Waals surface area contributed by atoms with Gasteiger partial charge in [0.1, 0.15) is 5.15 Å². The first-order valence-electron chi connectivity index (χ1n) is 8.52. The number of sulfone groups is 1. The topological polar surface area (TPSA) is 93.6 Å². The predicted octanol–water partition coefficient (Wildman–Crippen LogP) is 2.08. The van der Waals surface area contributed by atoms with Gasteiger partial charge in [-0.3, -0.25) is 4.79 Å². The number of rotatable bonds is 5. The quantitative estimate of drug-likeness (QED) is 0.553. The summed E-state index contributed by atoms with van der Waals surface area (Å²) in [4.78, 5) is 30.3. The number of carbonyl (C=O) groups excluding carboxylic acids is 2. The molecule has 2 aromatic rings. The van der Waals surface area contributed by atoms with Crippen LogP contribution in [-0.4, -0.2) is 60.9 Å². The fraction of sp³-hybridized carbons (Fsp3) is 0.389. The summed E-state index contributed by atoms with van der Waals surface area (Å²) in [5.74, 6) is -0.991. The maximum absolute atomic E-state index is 12.4. The molecule has 1 aromatic heterocycles. The van der Waals surface area contributed by atoms with Crippen LogP contribution in [-0.2, 0) is 19.4 Å². The van der Waals surface area contributed by atoms with E-state index in [0.29, 0.717) is 29.2 Å². The Morgan fingerprint density at radius 2 is 2.07 bits per heavy atom. The van der Waals surface area contributed by atoms with Gasteiger partial charge in [-0.1, -0.05) is 11.6 Å². The van der Waals surface area contributed by atoms with Gasteiger partial charge in [-0.15, -0.1) is 0 Å². The van der Waals surface area contributed by atoms with Gasteiger partial charge in [0.05, 0.1) is 22.6 Å². The van der Waals surface area contributed by atoms with Crippen LogP contribution < -0.4 is 0 Å². The molecule has 1 unspecified atom stereocenters. The third-order valence-corrected chi connectivity index (χ3v) is 6.49. The molecule has 1 aliphatic heterocycles. The van der Waals surface area contributed by atoms with Gasteiger partial charge in [-0.2, -0.15) is 0 Å². The molecule has 0 radical (unpaired) electrons. The standard InChI is InChI=1S/C18H19ClN2O5S/c1-2-21(14-7-8-27(24,25)11-14)17(22)10-26-18(23)13-3-5-15-12(9-13)4-6-16(19)20-15/h3-6,9,14H,2,7-8,10-11H2,1H3. The number of hydrogen-bond donors (Lipinski definition) is 0. The Balaban J connectivity index is 1.64. The van der Waals surface area contributed by atoms with Gasteiger partial charge in [-0.25, -0.2) is 18.2 Å². The molecule has 1 saturated heterocycles. The number of halogens is 1. The molecule has 1 fully saturated rings. The molecule has 1 aromatic carbocycles. The van der Waals surface area contributed by atoms with E-state index in [4.69, 9.17) is 16.3 Å². The van der Waals surface area contributed by atoms with Crippen molar-refractivity contribution in [3.8, 4) is 0 Å². The number of pyridine rings is 1. The van der Waals surface area contributed by atoms with E-state index < -0.39 is 28.3 Å². The van der Waals surface area contributed by atoms with Gasteiger partial charge in [0.2, 0.25) is 0 Å². The maximum Gasteiger partial charge on any atom is 0.338 e. The number of carbonyl (C=O) groups is 2. The monoisotopic (exact) mass is 410 g/mol. The van der Waals surface area contributed by atoms with E-state index in [9.17, 15) is 18.0 Å². The molecule has 144 valence electrons. The second-order valence-corrected chi connectivity index (χ2v) is 8.97. The minimum atomic E-state index is -3.10. The van der Waals surface area contributed by atoms with Gasteiger partial charge < -0.3 is 9.64 Å². The minimum Gasteiger partial charge on any atom is -0.452 e. The van der Waals surface area contributed by atoms with Crippen molar-refractivity contribution in [2.24, 2.45) is 0 Å². The molecule has 2 heterocycles. The third-order valence-electron chi connectivity index (χ3n) is 4.53. The zero-order valence-electron chi connectivity index (χ0n) is 14.7. The highest BCUT2D eigenvalue weighted by Gasteiger charge is 2.34. The summed E-state index contributed by atoms with van der Waals surface area (Å²) in [6, 6.07) is 7.83. The van der Waals surface area contributed by atoms with Crippen molar-refractivity contribution in [1.82, 2.24) is 9.88 Å². The summed E-state index contributed by atoms with van der Waals surface area (Å²) in [5.41, 5.74) is 0.945. The molecule has 1 aliphatic rings. The second kappa shape index (κ2) is 7.82. The van der Waals surface area contributed by atoms with Crippen molar-refractivity contribution in [3.63, 3.8) is 0 Å². The van der Waals surface area contributed by atoms with Crippen LogP contribution in [0.3, 0.4) is 0 Å². The lowest BCUT2D eigenvalue weighted by Gasteiger charge is -2.26. The molecule has 9 heteroatoms. The van der Waals surface area contributed by atoms with Gasteiger partial charge in [0, 0.05) is 18.0 Å². The van der Waals surface area contributed by atoms with E-state index in [1.165, 1.54) is 4.90 Å². The van der Waals surface area contributed by atoms with Crippen LogP contribution in [0.25, 0.3) is 10.9 Å². The van der Waals surface area contributed by atoms with Crippen LogP contribution in [0.15, 0.2) is 30.3 Å². The van der Waals surface area contributed by atoms with Gasteiger partial charge in [0.25, 0.3) is 5.91 Å². The summed E-state index contributed by atoms with van der Waals surface area (Å²) in [6.45, 7) is 1.70. The summed E-state index contributed by atoms with van der Waals surface area (Å²) in [6.07, 6.45) is 0.413. The average molecular weight is 411 g/mol. The SMILES string of the molecule is CCN(C(=O)COC(=O)c1ccc2nc(Cl)ccc2c1)C1CCS(=O)(=O)C1. The number of nitrogens with zero attached hydrogens (tertiary/aromatic N) is 2. The number of aromatic nitrogens is 1. The molecule has 0 N–H and O–H groups in total. The van der Waals surface area contributed by atoms with Crippen LogP contribution in [0.1, 0.15) is 23.7 Å². The predicted molar refractivity (Wildman–Crippen MR) is 101 cm³/mol. The first-order valence-corrected chi connectivity index (χ1v) is 10.7. The van der Waals surface area contributed by atoms with Gasteiger partial charge >= 0.3 is 5.97 Å². The summed E-state index contributed by atoms with van der Waals surface area (Å²) in [5, 5.41) is 1.09. The van der Waals surface area contributed by atoms with Crippen molar-refractivity contribution in [1.29, 1.82) is 0 Å². The fourth-order valence-electron chi connectivity index (χ4n) is 3.18. The normalized spacial score (nSPS) is 18.4. The first-order chi connectivity index (χ1) is 12.8. The van der Waals surface area contributed by atoms with Crippen LogP contribution in [0.5, 0.6) is 0 Å². The Labute approximate surface area is 162 Å². The zero-order chi connectivity index (χ0) is 19.6. The number of amides is 1. The highest BCUT2D eigenvalue weighted by molar-refractivity contribution is 7.91. The Hall–Kier alpha value is -2.19. The Kier molecular flexibility index (Phi) is 5.67. The smallest absolute Gasteiger partial charge is 0.338 e. The number of likely N-dealkylation sites (N-methyl/N-ethyl adjacent to an activating group) is 1. The molecular weight excluding hydrogens is 392 g/mol. The summed E-state index contributed by atoms with van der Waals surface area (Å²) < 4.78 is 28.4. The number of hydrogen-bond acceptors (Lipinski definition) is 6. The van der Waals surface area contributed by atoms with Crippen LogP contribution >= 0.6 is 11.6 Å². The van der Waals surface area contributed by atoms with Crippen molar-refractivity contribution >= 4 is 44.2 Å². The number of esters is 1. The van der Waals surface area contributed by atoms with Crippen molar-refractivity contribution in [3.05, 3.63) is 41.0 Å². The van der Waals surface area contributed by atoms with Crippen molar-refractivity contribution in [2.75, 3.05) is 24.7 Å². The molecule has 7 nitrogen and oxygen atoms in total. The molecule has 1 amide bonds. The minimum absolute atomic E-state index is 0.0409. The number of ether oxygens (including phenoxy) is 1. The molecule has 3 rings (SSSR count). The van der Waals surface area contributed by atoms with E-state index in [1.807, 2.05) is 0 Å². The lowest BCUT2D eigenvalue weighted by atomic mass is 10.1. The molecule has 27 heavy (non-hydrogen) atoms. The Morgan fingerprint density at radius 3 is 2.74 bits per heavy atom. The summed E-state index contributed by atoms with van der Waals surface area (Å²) in [7, 11) is -3.10. The highest BCUT2D eigenvalue weighted by atomic mass is 35.5. The Bertz CT molecular complexity index is 992. The van der Waals surface area contributed by atoms with E-state index in [2.05, 4.69) is 4.98 Å². The van der Waals surface area contributed by atoms with Crippen LogP contribution in [0.4, 0.5) is 0 Å². The number of benzene rings is 1. The van der Waals surface area contributed by atoms with E-state index in [0.717, 1.165) is 5.39 Å². The average Bonchev–Trinajstić information content (AvgIpc) is 2.99. The second-order valence-electron chi connectivity index (χ2n) is 6.35. The number of fused-ring (bicyclic) bond motifs is 1. The zero-order valence-corrected chi connectivity index (χ0v) is 16.3. The molecule has 0 spiro atoms. The largest absolute Gasteiger partial charge is 0.452 e. The lowest BCUT2D eigenvalue weighted by Crippen LogP contribution is -2.43. The maximum atomic E-state index is 12.4. The van der Waals surface area contributed by atoms with Crippen molar-refractivity contribution < 1.29 is 22.7 Å². The molecule has 0 aliphatic carbocycles. The lowest BCUT2D eigenvalue weighted by molar-refractivity contribution is -0.136. The molecule has 0 saturated carbocycles. The van der Waals surface area contributed by atoms with E-state index in [1.54, 1.807) is 37.3 Å². The van der Waals surface area contributed by atoms with Crippen LogP contribution in [0, 0.1) is 0 Å². The molecule has 0 bridgehead atoms. The van der Waals surface area contributed by atoms with Crippen LogP contribution in [0.2, 0.25) is 5.15 Å². The highest BCUT2D eigenvalue weighted by Crippen LogP contribution is 2.19. The van der Waals surface area contributed by atoms with Gasteiger partial charge in [0.15, 0.2) is 16.4 Å². The first kappa shape index (κ1) is 19.6. The Morgan fingerprint density at radius 1 is 1.30 bits per heavy atom. The van der Waals surface area contributed by atoms with E-state index >= 15 is 0 Å². The summed E-state index contributed by atoms with van der Waals surface area (Å²) >= 11 is 5.84. The van der Waals surface area contributed by atoms with E-state index in [-0.39, 0.29) is 17.5 Å². The molecule has 1 atom stereocenters. The fourth-order valence-corrected chi connectivity index (χ4v) is 5.07. The third kappa shape index (κ3) is 4.56. The van der Waals surface area contributed by atoms with Crippen molar-refractivity contribution in [2.45, 2.75) is 19.4 Å².